The molecule has 3 aromatic rings. The molecule has 0 bridgehead atoms. The van der Waals surface area contributed by atoms with E-state index < -0.39 is 5.97 Å². The van der Waals surface area contributed by atoms with Crippen LogP contribution in [-0.2, 0) is 18.0 Å². The molecule has 5 nitrogen and oxygen atoms in total. The number of carbonyl (C=O) groups excluding carboxylic acids is 1. The number of hydrogen-bond donors (Lipinski definition) is 0. The molecule has 3 rings (SSSR count). The molecule has 3 aromatic carbocycles. The van der Waals surface area contributed by atoms with Gasteiger partial charge in [0.1, 0.15) is 36.0 Å². The lowest BCUT2D eigenvalue weighted by Crippen LogP contribution is -2.10. The summed E-state index contributed by atoms with van der Waals surface area (Å²) in [5.41, 5.74) is 2.11. The molecular formula is C23H22O5. The van der Waals surface area contributed by atoms with Crippen molar-refractivity contribution in [3.8, 4) is 17.2 Å². The number of benzene rings is 3. The van der Waals surface area contributed by atoms with Gasteiger partial charge in [0.25, 0.3) is 0 Å². The fourth-order valence-corrected chi connectivity index (χ4v) is 2.69. The molecular weight excluding hydrogens is 356 g/mol. The quantitative estimate of drug-likeness (QED) is 0.535. The number of methoxy groups -OCH3 is 2. The van der Waals surface area contributed by atoms with Crippen molar-refractivity contribution in [3.63, 3.8) is 0 Å². The topological polar surface area (TPSA) is 54.0 Å². The van der Waals surface area contributed by atoms with Gasteiger partial charge < -0.3 is 18.9 Å². The van der Waals surface area contributed by atoms with Crippen molar-refractivity contribution < 1.29 is 23.7 Å². The van der Waals surface area contributed by atoms with E-state index >= 15 is 0 Å². The van der Waals surface area contributed by atoms with Crippen LogP contribution in [0.15, 0.2) is 72.8 Å². The summed E-state index contributed by atoms with van der Waals surface area (Å²) < 4.78 is 22.1. The van der Waals surface area contributed by atoms with Gasteiger partial charge in [-0.05, 0) is 11.1 Å². The van der Waals surface area contributed by atoms with Crippen molar-refractivity contribution in [1.29, 1.82) is 0 Å². The second-order valence-corrected chi connectivity index (χ2v) is 6.04. The number of hydrogen-bond acceptors (Lipinski definition) is 5. The summed E-state index contributed by atoms with van der Waals surface area (Å²) in [6, 6.07) is 22.5. The van der Waals surface area contributed by atoms with Gasteiger partial charge in [-0.2, -0.15) is 0 Å². The zero-order valence-electron chi connectivity index (χ0n) is 15.9. The van der Waals surface area contributed by atoms with Gasteiger partial charge in [-0.25, -0.2) is 4.79 Å². The highest BCUT2D eigenvalue weighted by Crippen LogP contribution is 2.35. The zero-order valence-corrected chi connectivity index (χ0v) is 15.9. The minimum Gasteiger partial charge on any atom is -0.496 e. The molecule has 0 saturated heterocycles. The molecule has 0 N–H and O–H groups in total. The summed E-state index contributed by atoms with van der Waals surface area (Å²) in [5.74, 6) is 0.685. The molecule has 0 spiro atoms. The zero-order chi connectivity index (χ0) is 19.8. The lowest BCUT2D eigenvalue weighted by atomic mass is 10.1. The Bertz CT molecular complexity index is 907. The third-order valence-electron chi connectivity index (χ3n) is 4.15. The number of rotatable bonds is 8. The molecule has 0 aromatic heterocycles. The van der Waals surface area contributed by atoms with Gasteiger partial charge in [0.2, 0.25) is 0 Å². The highest BCUT2D eigenvalue weighted by atomic mass is 16.5. The standard InChI is InChI=1S/C23H22O5/c1-25-19-13-20(26-2)22(23(24)28-16-18-11-7-4-8-12-18)21(14-19)27-15-17-9-5-3-6-10-17/h3-14H,15-16H2,1-2H3. The summed E-state index contributed by atoms with van der Waals surface area (Å²) in [4.78, 5) is 12.8. The molecule has 0 fully saturated rings. The van der Waals surface area contributed by atoms with Crippen LogP contribution >= 0.6 is 0 Å². The summed E-state index contributed by atoms with van der Waals surface area (Å²) in [5, 5.41) is 0. The van der Waals surface area contributed by atoms with Crippen molar-refractivity contribution in [2.45, 2.75) is 13.2 Å². The van der Waals surface area contributed by atoms with E-state index in [9.17, 15) is 4.79 Å². The molecule has 0 aliphatic heterocycles. The Labute approximate surface area is 164 Å². The maximum absolute atomic E-state index is 12.8. The van der Waals surface area contributed by atoms with E-state index in [1.165, 1.54) is 7.11 Å². The molecule has 0 atom stereocenters. The molecule has 0 aliphatic carbocycles. The Morgan fingerprint density at radius 3 is 1.89 bits per heavy atom. The van der Waals surface area contributed by atoms with Crippen LogP contribution in [0.5, 0.6) is 17.2 Å². The molecule has 0 saturated carbocycles. The van der Waals surface area contributed by atoms with E-state index in [0.29, 0.717) is 23.9 Å². The van der Waals surface area contributed by atoms with Gasteiger partial charge in [-0.15, -0.1) is 0 Å². The summed E-state index contributed by atoms with van der Waals surface area (Å²) in [6.45, 7) is 0.461. The normalized spacial score (nSPS) is 10.2. The Morgan fingerprint density at radius 1 is 0.750 bits per heavy atom. The van der Waals surface area contributed by atoms with Crippen LogP contribution in [0, 0.1) is 0 Å². The fourth-order valence-electron chi connectivity index (χ4n) is 2.69. The van der Waals surface area contributed by atoms with Crippen molar-refractivity contribution in [2.75, 3.05) is 14.2 Å². The first kappa shape index (κ1) is 19.3. The van der Waals surface area contributed by atoms with Crippen molar-refractivity contribution >= 4 is 5.97 Å². The molecule has 0 heterocycles. The third kappa shape index (κ3) is 4.82. The molecule has 5 heteroatoms. The third-order valence-corrected chi connectivity index (χ3v) is 4.15. The van der Waals surface area contributed by atoms with E-state index in [4.69, 9.17) is 18.9 Å². The first-order valence-electron chi connectivity index (χ1n) is 8.85. The average Bonchev–Trinajstić information content (AvgIpc) is 2.76. The largest absolute Gasteiger partial charge is 0.496 e. The Hall–Kier alpha value is -3.47. The van der Waals surface area contributed by atoms with E-state index in [1.807, 2.05) is 60.7 Å². The van der Waals surface area contributed by atoms with Crippen LogP contribution in [-0.4, -0.2) is 20.2 Å². The predicted molar refractivity (Wildman–Crippen MR) is 106 cm³/mol. The minimum atomic E-state index is -0.522. The van der Waals surface area contributed by atoms with E-state index in [-0.39, 0.29) is 12.2 Å². The van der Waals surface area contributed by atoms with Gasteiger partial charge in [0.15, 0.2) is 0 Å². The smallest absolute Gasteiger partial charge is 0.346 e. The monoisotopic (exact) mass is 378 g/mol. The highest BCUT2D eigenvalue weighted by molar-refractivity contribution is 5.96. The number of esters is 1. The number of carbonyl (C=O) groups is 1. The van der Waals surface area contributed by atoms with E-state index in [2.05, 4.69) is 0 Å². The predicted octanol–water partition coefficient (Wildman–Crippen LogP) is 4.64. The van der Waals surface area contributed by atoms with Crippen LogP contribution in [0.4, 0.5) is 0 Å². The Morgan fingerprint density at radius 2 is 1.32 bits per heavy atom. The lowest BCUT2D eigenvalue weighted by molar-refractivity contribution is 0.0463. The van der Waals surface area contributed by atoms with Crippen LogP contribution < -0.4 is 14.2 Å². The summed E-state index contributed by atoms with van der Waals surface area (Å²) >= 11 is 0. The SMILES string of the molecule is COc1cc(OC)c(C(=O)OCc2ccccc2)c(OCc2ccccc2)c1. The first-order valence-corrected chi connectivity index (χ1v) is 8.85. The molecule has 0 aliphatic rings. The summed E-state index contributed by atoms with van der Waals surface area (Å²) in [6.07, 6.45) is 0. The second kappa shape index (κ2) is 9.46. The average molecular weight is 378 g/mol. The van der Waals surface area contributed by atoms with E-state index in [0.717, 1.165) is 11.1 Å². The first-order chi connectivity index (χ1) is 13.7. The summed E-state index contributed by atoms with van der Waals surface area (Å²) in [7, 11) is 3.03. The van der Waals surface area contributed by atoms with Gasteiger partial charge in [-0.3, -0.25) is 0 Å². The second-order valence-electron chi connectivity index (χ2n) is 6.04. The van der Waals surface area contributed by atoms with Crippen LogP contribution in [0.25, 0.3) is 0 Å². The van der Waals surface area contributed by atoms with Crippen molar-refractivity contribution in [3.05, 3.63) is 89.5 Å². The Kier molecular flexibility index (Phi) is 6.52. The van der Waals surface area contributed by atoms with Gasteiger partial charge in [-0.1, -0.05) is 60.7 Å². The van der Waals surface area contributed by atoms with Crippen molar-refractivity contribution in [1.82, 2.24) is 0 Å². The van der Waals surface area contributed by atoms with Gasteiger partial charge in [0, 0.05) is 12.1 Å². The molecule has 0 unspecified atom stereocenters. The van der Waals surface area contributed by atoms with Gasteiger partial charge >= 0.3 is 5.97 Å². The highest BCUT2D eigenvalue weighted by Gasteiger charge is 2.22. The Balaban J connectivity index is 1.85. The van der Waals surface area contributed by atoms with E-state index in [1.54, 1.807) is 19.2 Å². The van der Waals surface area contributed by atoms with Gasteiger partial charge in [0.05, 0.1) is 14.2 Å². The maximum atomic E-state index is 12.8. The molecule has 144 valence electrons. The lowest BCUT2D eigenvalue weighted by Gasteiger charge is -2.16. The maximum Gasteiger partial charge on any atom is 0.346 e. The molecule has 0 radical (unpaired) electrons. The van der Waals surface area contributed by atoms with Crippen LogP contribution in [0.1, 0.15) is 21.5 Å². The number of ether oxygens (including phenoxy) is 4. The molecule has 28 heavy (non-hydrogen) atoms. The fraction of sp³-hybridized carbons (Fsp3) is 0.174. The molecule has 0 amide bonds. The van der Waals surface area contributed by atoms with Crippen LogP contribution in [0.2, 0.25) is 0 Å². The van der Waals surface area contributed by atoms with Crippen LogP contribution in [0.3, 0.4) is 0 Å². The minimum absolute atomic E-state index is 0.160. The van der Waals surface area contributed by atoms with Crippen molar-refractivity contribution in [2.24, 2.45) is 0 Å².